The lowest BCUT2D eigenvalue weighted by molar-refractivity contribution is -0.150. The molecule has 2 unspecified atom stereocenters. The van der Waals surface area contributed by atoms with Crippen molar-refractivity contribution in [3.05, 3.63) is 0 Å². The maximum atomic E-state index is 12.8. The molecule has 1 saturated heterocycles. The van der Waals surface area contributed by atoms with Crippen molar-refractivity contribution >= 4 is 11.9 Å². The van der Waals surface area contributed by atoms with E-state index in [4.69, 9.17) is 10.5 Å². The van der Waals surface area contributed by atoms with E-state index in [1.54, 1.807) is 0 Å². The zero-order chi connectivity index (χ0) is 15.7. The van der Waals surface area contributed by atoms with Crippen molar-refractivity contribution in [3.63, 3.8) is 0 Å². The largest absolute Gasteiger partial charge is 0.469 e. The molecule has 2 atom stereocenters. The number of rotatable bonds is 2. The van der Waals surface area contributed by atoms with Gasteiger partial charge < -0.3 is 15.4 Å². The maximum absolute atomic E-state index is 12.8. The number of methoxy groups -OCH3 is 1. The summed E-state index contributed by atoms with van der Waals surface area (Å²) in [6.45, 7) is 1.38. The quantitative estimate of drug-likeness (QED) is 0.786. The van der Waals surface area contributed by atoms with Crippen molar-refractivity contribution in [2.75, 3.05) is 20.2 Å². The molecule has 5 nitrogen and oxygen atoms in total. The fraction of sp³-hybridized carbons (Fsp3) is 0.882. The van der Waals surface area contributed by atoms with Crippen molar-refractivity contribution in [1.82, 2.24) is 4.90 Å². The van der Waals surface area contributed by atoms with E-state index in [9.17, 15) is 9.59 Å². The van der Waals surface area contributed by atoms with Gasteiger partial charge in [0.25, 0.3) is 0 Å². The van der Waals surface area contributed by atoms with Crippen LogP contribution in [0.3, 0.4) is 0 Å². The second-order valence-electron chi connectivity index (χ2n) is 7.32. The van der Waals surface area contributed by atoms with Crippen LogP contribution in [0.25, 0.3) is 0 Å². The smallest absolute Gasteiger partial charge is 0.308 e. The van der Waals surface area contributed by atoms with Gasteiger partial charge in [-0.15, -0.1) is 0 Å². The molecule has 3 aliphatic rings. The Bertz CT molecular complexity index is 418. The van der Waals surface area contributed by atoms with Gasteiger partial charge >= 0.3 is 5.97 Å². The summed E-state index contributed by atoms with van der Waals surface area (Å²) in [4.78, 5) is 26.3. The minimum absolute atomic E-state index is 0.0341. The monoisotopic (exact) mass is 308 g/mol. The van der Waals surface area contributed by atoms with Gasteiger partial charge in [0.05, 0.1) is 13.0 Å². The van der Waals surface area contributed by atoms with Crippen LogP contribution in [0.2, 0.25) is 0 Å². The molecule has 3 fully saturated rings. The molecule has 2 saturated carbocycles. The molecule has 124 valence electrons. The van der Waals surface area contributed by atoms with Crippen LogP contribution >= 0.6 is 0 Å². The van der Waals surface area contributed by atoms with Crippen molar-refractivity contribution in [1.29, 1.82) is 0 Å². The van der Waals surface area contributed by atoms with Crippen LogP contribution in [0.15, 0.2) is 0 Å². The highest BCUT2D eigenvalue weighted by Gasteiger charge is 2.42. The molecular weight excluding hydrogens is 280 g/mol. The first-order valence-corrected chi connectivity index (χ1v) is 8.72. The minimum atomic E-state index is -0.134. The molecule has 0 aromatic carbocycles. The van der Waals surface area contributed by atoms with Crippen LogP contribution in [0.5, 0.6) is 0 Å². The summed E-state index contributed by atoms with van der Waals surface area (Å²) in [6, 6.07) is 0.308. The Morgan fingerprint density at radius 3 is 2.14 bits per heavy atom. The molecule has 0 aromatic heterocycles. The van der Waals surface area contributed by atoms with E-state index in [1.165, 1.54) is 26.4 Å². The predicted octanol–water partition coefficient (Wildman–Crippen LogP) is 1.55. The fourth-order valence-corrected chi connectivity index (χ4v) is 4.75. The van der Waals surface area contributed by atoms with E-state index in [-0.39, 0.29) is 17.8 Å². The molecule has 5 heteroatoms. The Labute approximate surface area is 132 Å². The second kappa shape index (κ2) is 6.57. The van der Waals surface area contributed by atoms with Gasteiger partial charge in [-0.1, -0.05) is 6.42 Å². The number of hydrogen-bond donors (Lipinski definition) is 1. The molecule has 2 bridgehead atoms. The summed E-state index contributed by atoms with van der Waals surface area (Å²) >= 11 is 0. The number of likely N-dealkylation sites (tertiary alicyclic amines) is 1. The average molecular weight is 308 g/mol. The highest BCUT2D eigenvalue weighted by Crippen LogP contribution is 2.42. The first-order chi connectivity index (χ1) is 10.6. The topological polar surface area (TPSA) is 72.6 Å². The van der Waals surface area contributed by atoms with Gasteiger partial charge in [0.1, 0.15) is 0 Å². The summed E-state index contributed by atoms with van der Waals surface area (Å²) in [5.74, 6) is 1.36. The van der Waals surface area contributed by atoms with E-state index in [1.807, 2.05) is 4.90 Å². The summed E-state index contributed by atoms with van der Waals surface area (Å²) in [5, 5.41) is 0. The molecule has 1 aliphatic heterocycles. The normalized spacial score (nSPS) is 36.0. The van der Waals surface area contributed by atoms with Gasteiger partial charge in [0.2, 0.25) is 5.91 Å². The minimum Gasteiger partial charge on any atom is -0.469 e. The van der Waals surface area contributed by atoms with E-state index in [0.29, 0.717) is 36.9 Å². The Hall–Kier alpha value is -1.10. The van der Waals surface area contributed by atoms with E-state index in [0.717, 1.165) is 25.7 Å². The van der Waals surface area contributed by atoms with Crippen LogP contribution in [-0.4, -0.2) is 43.0 Å². The lowest BCUT2D eigenvalue weighted by Crippen LogP contribution is -2.51. The lowest BCUT2D eigenvalue weighted by Gasteiger charge is -2.45. The number of carbonyl (C=O) groups excluding carboxylic acids is 2. The summed E-state index contributed by atoms with van der Waals surface area (Å²) in [6.07, 6.45) is 7.04. The maximum Gasteiger partial charge on any atom is 0.308 e. The van der Waals surface area contributed by atoms with Crippen LogP contribution in [0, 0.1) is 23.7 Å². The van der Waals surface area contributed by atoms with Crippen LogP contribution in [0.1, 0.15) is 44.9 Å². The number of amides is 1. The van der Waals surface area contributed by atoms with Gasteiger partial charge in [-0.2, -0.15) is 0 Å². The average Bonchev–Trinajstić information content (AvgIpc) is 2.53. The molecule has 1 heterocycles. The Balaban J connectivity index is 1.55. The molecule has 0 radical (unpaired) electrons. The number of nitrogens with two attached hydrogens (primary N) is 1. The third-order valence-electron chi connectivity index (χ3n) is 6.10. The van der Waals surface area contributed by atoms with Crippen molar-refractivity contribution in [3.8, 4) is 0 Å². The number of ether oxygens (including phenoxy) is 1. The number of esters is 1. The Morgan fingerprint density at radius 2 is 1.59 bits per heavy atom. The highest BCUT2D eigenvalue weighted by molar-refractivity contribution is 5.79. The first kappa shape index (κ1) is 15.8. The van der Waals surface area contributed by atoms with Crippen molar-refractivity contribution in [2.24, 2.45) is 29.4 Å². The van der Waals surface area contributed by atoms with Gasteiger partial charge in [-0.3, -0.25) is 9.59 Å². The molecular formula is C17H28N2O3. The van der Waals surface area contributed by atoms with Gasteiger partial charge in [0, 0.05) is 25.0 Å². The summed E-state index contributed by atoms with van der Waals surface area (Å²) in [5.41, 5.74) is 6.32. The van der Waals surface area contributed by atoms with Gasteiger partial charge in [0.15, 0.2) is 0 Å². The van der Waals surface area contributed by atoms with Crippen LogP contribution < -0.4 is 5.73 Å². The number of hydrogen-bond acceptors (Lipinski definition) is 4. The predicted molar refractivity (Wildman–Crippen MR) is 82.9 cm³/mol. The number of fused-ring (bicyclic) bond motifs is 2. The van der Waals surface area contributed by atoms with Crippen LogP contribution in [0.4, 0.5) is 0 Å². The van der Waals surface area contributed by atoms with Gasteiger partial charge in [-0.25, -0.2) is 0 Å². The summed E-state index contributed by atoms with van der Waals surface area (Å²) in [7, 11) is 1.43. The van der Waals surface area contributed by atoms with E-state index >= 15 is 0 Å². The molecule has 1 amide bonds. The number of carbonyl (C=O) groups is 2. The number of nitrogens with zero attached hydrogens (tertiary/aromatic N) is 1. The Kier molecular flexibility index (Phi) is 4.71. The molecule has 0 spiro atoms. The standard InChI is InChI=1S/C17H28N2O3/c1-22-17(21)11-5-7-19(8-6-11)16(20)14-9-12-3-2-4-13(10-14)15(12)18/h11-15H,2-10,18H2,1H3. The second-order valence-corrected chi connectivity index (χ2v) is 7.32. The third-order valence-corrected chi connectivity index (χ3v) is 6.10. The lowest BCUT2D eigenvalue weighted by atomic mass is 9.65. The molecule has 2 N–H and O–H groups in total. The highest BCUT2D eigenvalue weighted by atomic mass is 16.5. The number of piperidine rings is 1. The van der Waals surface area contributed by atoms with Crippen molar-refractivity contribution < 1.29 is 14.3 Å². The molecule has 3 rings (SSSR count). The SMILES string of the molecule is COC(=O)C1CCN(C(=O)C2CC3CCCC(C2)C3N)CC1. The first-order valence-electron chi connectivity index (χ1n) is 8.72. The molecule has 22 heavy (non-hydrogen) atoms. The molecule has 0 aromatic rings. The van der Waals surface area contributed by atoms with E-state index in [2.05, 4.69) is 0 Å². The van der Waals surface area contributed by atoms with Gasteiger partial charge in [-0.05, 0) is 50.4 Å². The Morgan fingerprint density at radius 1 is 1.00 bits per heavy atom. The van der Waals surface area contributed by atoms with Crippen LogP contribution in [-0.2, 0) is 14.3 Å². The van der Waals surface area contributed by atoms with Crippen molar-refractivity contribution in [2.45, 2.75) is 51.0 Å². The fourth-order valence-electron chi connectivity index (χ4n) is 4.75. The zero-order valence-electron chi connectivity index (χ0n) is 13.5. The zero-order valence-corrected chi connectivity index (χ0v) is 13.5. The van der Waals surface area contributed by atoms with E-state index < -0.39 is 0 Å². The summed E-state index contributed by atoms with van der Waals surface area (Å²) < 4.78 is 4.81. The third kappa shape index (κ3) is 3.00. The molecule has 2 aliphatic carbocycles.